The molecule has 3 rings (SSSR count). The highest BCUT2D eigenvalue weighted by atomic mass is 32.1. The van der Waals surface area contributed by atoms with Crippen LogP contribution in [-0.4, -0.2) is 32.1 Å². The minimum Gasteiger partial charge on any atom is -0.462 e. The summed E-state index contributed by atoms with van der Waals surface area (Å²) in [5.74, 6) is -1.15. The lowest BCUT2D eigenvalue weighted by Crippen LogP contribution is -2.30. The zero-order valence-corrected chi connectivity index (χ0v) is 17.0. The van der Waals surface area contributed by atoms with E-state index in [1.54, 1.807) is 24.4 Å². The lowest BCUT2D eigenvalue weighted by Gasteiger charge is -2.18. The van der Waals surface area contributed by atoms with Crippen LogP contribution in [0.3, 0.4) is 0 Å². The van der Waals surface area contributed by atoms with E-state index in [0.29, 0.717) is 16.1 Å². The molecule has 2 aromatic carbocycles. The summed E-state index contributed by atoms with van der Waals surface area (Å²) in [4.78, 5) is 26.9. The van der Waals surface area contributed by atoms with Crippen molar-refractivity contribution in [1.29, 1.82) is 0 Å². The van der Waals surface area contributed by atoms with Gasteiger partial charge in [0.15, 0.2) is 0 Å². The largest absolute Gasteiger partial charge is 0.462 e. The molecule has 0 aliphatic rings. The minimum absolute atomic E-state index is 0.121. The molecule has 7 heteroatoms. The van der Waals surface area contributed by atoms with Gasteiger partial charge in [0.1, 0.15) is 16.4 Å². The Morgan fingerprint density at radius 3 is 2.45 bits per heavy atom. The lowest BCUT2D eigenvalue weighted by molar-refractivity contribution is -0.114. The molecule has 0 saturated heterocycles. The maximum Gasteiger partial charge on any atom is 0.341 e. The van der Waals surface area contributed by atoms with Crippen molar-refractivity contribution in [3.63, 3.8) is 0 Å². The normalized spacial score (nSPS) is 10.4. The van der Waals surface area contributed by atoms with Crippen LogP contribution in [0.4, 0.5) is 15.1 Å². The average Bonchev–Trinajstić information content (AvgIpc) is 3.12. The smallest absolute Gasteiger partial charge is 0.341 e. The molecule has 3 aromatic rings. The number of halogens is 1. The molecule has 5 nitrogen and oxygen atoms in total. The third-order valence-corrected chi connectivity index (χ3v) is 5.15. The second-order valence-corrected chi connectivity index (χ2v) is 7.20. The molecule has 0 atom stereocenters. The topological polar surface area (TPSA) is 58.6 Å². The third kappa shape index (κ3) is 5.00. The number of rotatable bonds is 7. The van der Waals surface area contributed by atoms with Crippen LogP contribution in [0.15, 0.2) is 60.0 Å². The van der Waals surface area contributed by atoms with Gasteiger partial charge in [-0.2, -0.15) is 0 Å². The molecule has 29 heavy (non-hydrogen) atoms. The van der Waals surface area contributed by atoms with Gasteiger partial charge in [-0.1, -0.05) is 30.3 Å². The van der Waals surface area contributed by atoms with E-state index in [4.69, 9.17) is 4.74 Å². The Labute approximate surface area is 172 Å². The molecule has 0 unspecified atom stereocenters. The number of para-hydroxylation sites is 1. The number of hydrogen-bond acceptors (Lipinski definition) is 5. The van der Waals surface area contributed by atoms with Gasteiger partial charge in [0, 0.05) is 23.7 Å². The van der Waals surface area contributed by atoms with Crippen LogP contribution in [0.5, 0.6) is 0 Å². The van der Waals surface area contributed by atoms with Gasteiger partial charge in [-0.3, -0.25) is 4.79 Å². The zero-order valence-electron chi connectivity index (χ0n) is 16.1. The van der Waals surface area contributed by atoms with Crippen molar-refractivity contribution in [2.45, 2.75) is 6.92 Å². The van der Waals surface area contributed by atoms with Gasteiger partial charge in [0.25, 0.3) is 0 Å². The average molecular weight is 412 g/mol. The van der Waals surface area contributed by atoms with E-state index >= 15 is 0 Å². The second-order valence-electron chi connectivity index (χ2n) is 6.32. The van der Waals surface area contributed by atoms with Gasteiger partial charge in [0.05, 0.1) is 13.2 Å². The summed E-state index contributed by atoms with van der Waals surface area (Å²) in [6.45, 7) is 2.05. The van der Waals surface area contributed by atoms with E-state index < -0.39 is 5.97 Å². The van der Waals surface area contributed by atoms with E-state index in [1.165, 1.54) is 23.5 Å². The number of benzene rings is 2. The fourth-order valence-corrected chi connectivity index (χ4v) is 3.83. The molecule has 0 aliphatic heterocycles. The van der Waals surface area contributed by atoms with Crippen molar-refractivity contribution in [3.8, 4) is 11.1 Å². The number of carbonyl (C=O) groups excluding carboxylic acids is 2. The zero-order chi connectivity index (χ0) is 20.8. The Balaban J connectivity index is 1.83. The van der Waals surface area contributed by atoms with Gasteiger partial charge < -0.3 is 15.0 Å². The molecule has 1 amide bonds. The number of carbonyl (C=O) groups is 2. The number of anilines is 2. The van der Waals surface area contributed by atoms with Gasteiger partial charge in [0.2, 0.25) is 5.91 Å². The second kappa shape index (κ2) is 9.34. The molecule has 0 aliphatic carbocycles. The standard InChI is InChI=1S/C22H21FN2O3S/c1-3-28-22(27)20-18(15-9-11-16(23)12-10-15)14-29-21(20)24-19(26)13-25(2)17-7-5-4-6-8-17/h4-12,14H,3,13H2,1-2H3,(H,24,26). The minimum atomic E-state index is -0.528. The molecule has 150 valence electrons. The molecule has 0 saturated carbocycles. The summed E-state index contributed by atoms with van der Waals surface area (Å²) in [6, 6.07) is 15.4. The highest BCUT2D eigenvalue weighted by Gasteiger charge is 2.23. The Hall–Kier alpha value is -3.19. The van der Waals surface area contributed by atoms with Crippen LogP contribution < -0.4 is 10.2 Å². The number of ether oxygens (including phenoxy) is 1. The molecule has 1 N–H and O–H groups in total. The number of esters is 1. The monoisotopic (exact) mass is 412 g/mol. The van der Waals surface area contributed by atoms with Gasteiger partial charge in [-0.15, -0.1) is 11.3 Å². The number of hydrogen-bond donors (Lipinski definition) is 1. The number of thiophene rings is 1. The quantitative estimate of drug-likeness (QED) is 0.566. The van der Waals surface area contributed by atoms with Crippen LogP contribution in [0.2, 0.25) is 0 Å². The summed E-state index contributed by atoms with van der Waals surface area (Å²) in [7, 11) is 1.82. The Kier molecular flexibility index (Phi) is 6.61. The molecular formula is C22H21FN2O3S. The van der Waals surface area contributed by atoms with Crippen LogP contribution in [0.1, 0.15) is 17.3 Å². The third-order valence-electron chi connectivity index (χ3n) is 4.26. The molecule has 0 spiro atoms. The van der Waals surface area contributed by atoms with Crippen LogP contribution in [0, 0.1) is 5.82 Å². The first-order chi connectivity index (χ1) is 14.0. The first-order valence-electron chi connectivity index (χ1n) is 9.10. The van der Waals surface area contributed by atoms with Crippen molar-refractivity contribution in [3.05, 3.63) is 71.4 Å². The summed E-state index contributed by atoms with van der Waals surface area (Å²) in [5, 5.41) is 4.99. The van der Waals surface area contributed by atoms with Crippen LogP contribution >= 0.6 is 11.3 Å². The molecule has 0 fully saturated rings. The summed E-state index contributed by atoms with van der Waals surface area (Å²) < 4.78 is 18.4. The fourth-order valence-electron chi connectivity index (χ4n) is 2.85. The molecule has 0 radical (unpaired) electrons. The molecule has 1 aromatic heterocycles. The molecule has 1 heterocycles. The number of nitrogens with one attached hydrogen (secondary N) is 1. The van der Waals surface area contributed by atoms with Crippen molar-refractivity contribution >= 4 is 33.9 Å². The van der Waals surface area contributed by atoms with Crippen molar-refractivity contribution in [2.75, 3.05) is 30.4 Å². The predicted octanol–water partition coefficient (Wildman–Crippen LogP) is 4.81. The summed E-state index contributed by atoms with van der Waals surface area (Å²) in [6.07, 6.45) is 0. The maximum absolute atomic E-state index is 13.3. The van der Waals surface area contributed by atoms with E-state index in [0.717, 1.165) is 5.69 Å². The Morgan fingerprint density at radius 2 is 1.79 bits per heavy atom. The van der Waals surface area contributed by atoms with E-state index in [1.807, 2.05) is 42.3 Å². The Bertz CT molecular complexity index is 987. The highest BCUT2D eigenvalue weighted by Crippen LogP contribution is 2.36. The highest BCUT2D eigenvalue weighted by molar-refractivity contribution is 7.15. The maximum atomic E-state index is 13.3. The molecule has 0 bridgehead atoms. The van der Waals surface area contributed by atoms with Crippen molar-refractivity contribution in [2.24, 2.45) is 0 Å². The fraction of sp³-hybridized carbons (Fsp3) is 0.182. The predicted molar refractivity (Wildman–Crippen MR) is 114 cm³/mol. The van der Waals surface area contributed by atoms with E-state index in [2.05, 4.69) is 5.32 Å². The number of amides is 1. The molecular weight excluding hydrogens is 391 g/mol. The van der Waals surface area contributed by atoms with Crippen molar-refractivity contribution in [1.82, 2.24) is 0 Å². The Morgan fingerprint density at radius 1 is 1.10 bits per heavy atom. The lowest BCUT2D eigenvalue weighted by atomic mass is 10.0. The van der Waals surface area contributed by atoms with Crippen LogP contribution in [0.25, 0.3) is 11.1 Å². The van der Waals surface area contributed by atoms with E-state index in [-0.39, 0.29) is 30.4 Å². The van der Waals surface area contributed by atoms with Gasteiger partial charge in [-0.05, 0) is 36.8 Å². The summed E-state index contributed by atoms with van der Waals surface area (Å²) >= 11 is 1.24. The van der Waals surface area contributed by atoms with Gasteiger partial charge >= 0.3 is 5.97 Å². The summed E-state index contributed by atoms with van der Waals surface area (Å²) in [5.41, 5.74) is 2.46. The van der Waals surface area contributed by atoms with Crippen molar-refractivity contribution < 1.29 is 18.7 Å². The first-order valence-corrected chi connectivity index (χ1v) is 9.98. The SMILES string of the molecule is CCOC(=O)c1c(-c2ccc(F)cc2)csc1NC(=O)CN(C)c1ccccc1. The van der Waals surface area contributed by atoms with Gasteiger partial charge in [-0.25, -0.2) is 9.18 Å². The van der Waals surface area contributed by atoms with E-state index in [9.17, 15) is 14.0 Å². The number of likely N-dealkylation sites (N-methyl/N-ethyl adjacent to an activating group) is 1. The van der Waals surface area contributed by atoms with Crippen LogP contribution in [-0.2, 0) is 9.53 Å². The first kappa shape index (κ1) is 20.5. The number of nitrogens with zero attached hydrogens (tertiary/aromatic N) is 1.